The highest BCUT2D eigenvalue weighted by molar-refractivity contribution is 5.20. The van der Waals surface area contributed by atoms with E-state index < -0.39 is 0 Å². The molecule has 2 aromatic rings. The van der Waals surface area contributed by atoms with Crippen LogP contribution in [-0.2, 0) is 13.1 Å². The Labute approximate surface area is 131 Å². The Hall–Kier alpha value is -1.72. The van der Waals surface area contributed by atoms with Crippen molar-refractivity contribution in [3.8, 4) is 0 Å². The Balaban J connectivity index is 1.53. The second-order valence-electron chi connectivity index (χ2n) is 6.12. The number of rotatable bonds is 4. The second kappa shape index (κ2) is 6.58. The van der Waals surface area contributed by atoms with Crippen LogP contribution in [0.25, 0.3) is 0 Å². The van der Waals surface area contributed by atoms with Gasteiger partial charge in [0.2, 0.25) is 0 Å². The third-order valence-corrected chi connectivity index (χ3v) is 4.52. The van der Waals surface area contributed by atoms with Gasteiger partial charge in [0, 0.05) is 51.0 Å². The number of pyridine rings is 1. The molecule has 0 unspecified atom stereocenters. The topological polar surface area (TPSA) is 45.4 Å². The van der Waals surface area contributed by atoms with Crippen molar-refractivity contribution in [1.82, 2.24) is 19.9 Å². The van der Waals surface area contributed by atoms with Crippen molar-refractivity contribution >= 4 is 0 Å². The molecule has 1 aliphatic rings. The van der Waals surface area contributed by atoms with E-state index in [1.165, 1.54) is 16.8 Å². The molecule has 0 N–H and O–H groups in total. The van der Waals surface area contributed by atoms with Crippen molar-refractivity contribution < 1.29 is 4.52 Å². The molecule has 1 saturated heterocycles. The Morgan fingerprint density at radius 3 is 2.32 bits per heavy atom. The van der Waals surface area contributed by atoms with Crippen LogP contribution in [-0.4, -0.2) is 46.1 Å². The zero-order valence-corrected chi connectivity index (χ0v) is 13.7. The Kier molecular flexibility index (Phi) is 4.55. The molecule has 0 radical (unpaired) electrons. The molecule has 1 fully saturated rings. The Morgan fingerprint density at radius 1 is 1.05 bits per heavy atom. The van der Waals surface area contributed by atoms with Gasteiger partial charge in [0.25, 0.3) is 0 Å². The maximum Gasteiger partial charge on any atom is 0.138 e. The minimum atomic E-state index is 0.942. The lowest BCUT2D eigenvalue weighted by Crippen LogP contribution is -2.45. The van der Waals surface area contributed by atoms with Crippen LogP contribution in [0.3, 0.4) is 0 Å². The summed E-state index contributed by atoms with van der Waals surface area (Å²) in [6, 6.07) is 4.14. The van der Waals surface area contributed by atoms with Crippen molar-refractivity contribution in [3.63, 3.8) is 0 Å². The van der Waals surface area contributed by atoms with Crippen molar-refractivity contribution in [3.05, 3.63) is 46.6 Å². The lowest BCUT2D eigenvalue weighted by Gasteiger charge is -2.34. The molecule has 5 nitrogen and oxygen atoms in total. The quantitative estimate of drug-likeness (QED) is 0.867. The molecule has 118 valence electrons. The fourth-order valence-electron chi connectivity index (χ4n) is 2.95. The van der Waals surface area contributed by atoms with Gasteiger partial charge in [-0.2, -0.15) is 0 Å². The van der Waals surface area contributed by atoms with Crippen LogP contribution >= 0.6 is 0 Å². The zero-order valence-electron chi connectivity index (χ0n) is 13.7. The summed E-state index contributed by atoms with van der Waals surface area (Å²) in [5, 5.41) is 4.04. The first-order valence-corrected chi connectivity index (χ1v) is 7.90. The lowest BCUT2D eigenvalue weighted by atomic mass is 10.1. The number of hydrogen-bond acceptors (Lipinski definition) is 5. The van der Waals surface area contributed by atoms with E-state index in [2.05, 4.69) is 32.9 Å². The van der Waals surface area contributed by atoms with Crippen LogP contribution in [0.4, 0.5) is 0 Å². The smallest absolute Gasteiger partial charge is 0.138 e. The van der Waals surface area contributed by atoms with E-state index in [1.807, 2.05) is 26.1 Å². The van der Waals surface area contributed by atoms with Crippen LogP contribution < -0.4 is 0 Å². The van der Waals surface area contributed by atoms with Crippen LogP contribution in [0.5, 0.6) is 0 Å². The van der Waals surface area contributed by atoms with Gasteiger partial charge in [-0.3, -0.25) is 14.8 Å². The van der Waals surface area contributed by atoms with Crippen molar-refractivity contribution in [2.75, 3.05) is 26.2 Å². The third kappa shape index (κ3) is 3.36. The van der Waals surface area contributed by atoms with Gasteiger partial charge in [-0.25, -0.2) is 0 Å². The first-order valence-electron chi connectivity index (χ1n) is 7.90. The molecular formula is C17H24N4O. The third-order valence-electron chi connectivity index (χ3n) is 4.52. The summed E-state index contributed by atoms with van der Waals surface area (Å²) in [4.78, 5) is 9.47. The summed E-state index contributed by atoms with van der Waals surface area (Å²) >= 11 is 0. The lowest BCUT2D eigenvalue weighted by molar-refractivity contribution is 0.120. The SMILES string of the molecule is Cc1cccnc1CN1CCN(Cc2c(C)noc2C)CC1. The summed E-state index contributed by atoms with van der Waals surface area (Å²) in [5.74, 6) is 0.948. The molecule has 5 heteroatoms. The van der Waals surface area contributed by atoms with Gasteiger partial charge in [0.15, 0.2) is 0 Å². The van der Waals surface area contributed by atoms with Crippen molar-refractivity contribution in [2.24, 2.45) is 0 Å². The molecule has 0 saturated carbocycles. The number of nitrogens with zero attached hydrogens (tertiary/aromatic N) is 4. The van der Waals surface area contributed by atoms with Gasteiger partial charge < -0.3 is 4.52 Å². The molecule has 3 rings (SSSR count). The van der Waals surface area contributed by atoms with Gasteiger partial charge in [0.1, 0.15) is 5.76 Å². The standard InChI is InChI=1S/C17H24N4O/c1-13-5-4-6-18-17(13)12-21-9-7-20(8-10-21)11-16-14(2)19-22-15(16)3/h4-6H,7-12H2,1-3H3. The monoisotopic (exact) mass is 300 g/mol. The molecule has 2 aromatic heterocycles. The first-order chi connectivity index (χ1) is 10.6. The van der Waals surface area contributed by atoms with Gasteiger partial charge in [-0.15, -0.1) is 0 Å². The molecule has 22 heavy (non-hydrogen) atoms. The molecule has 0 aromatic carbocycles. The van der Waals surface area contributed by atoms with Crippen molar-refractivity contribution in [1.29, 1.82) is 0 Å². The van der Waals surface area contributed by atoms with E-state index in [1.54, 1.807) is 0 Å². The summed E-state index contributed by atoms with van der Waals surface area (Å²) in [6.07, 6.45) is 1.88. The van der Waals surface area contributed by atoms with Gasteiger partial charge >= 0.3 is 0 Å². The molecule has 0 amide bonds. The molecule has 3 heterocycles. The normalized spacial score (nSPS) is 17.0. The van der Waals surface area contributed by atoms with E-state index in [9.17, 15) is 0 Å². The summed E-state index contributed by atoms with van der Waals surface area (Å²) in [5.41, 5.74) is 4.74. The number of hydrogen-bond donors (Lipinski definition) is 0. The molecule has 0 aliphatic carbocycles. The molecule has 0 spiro atoms. The minimum Gasteiger partial charge on any atom is -0.361 e. The van der Waals surface area contributed by atoms with E-state index in [0.717, 1.165) is 50.7 Å². The largest absolute Gasteiger partial charge is 0.361 e. The summed E-state index contributed by atoms with van der Waals surface area (Å²) < 4.78 is 5.25. The molecule has 0 atom stereocenters. The van der Waals surface area contributed by atoms with E-state index in [-0.39, 0.29) is 0 Å². The highest BCUT2D eigenvalue weighted by Gasteiger charge is 2.20. The fourth-order valence-corrected chi connectivity index (χ4v) is 2.95. The van der Waals surface area contributed by atoms with Crippen LogP contribution in [0.1, 0.15) is 28.3 Å². The highest BCUT2D eigenvalue weighted by atomic mass is 16.5. The van der Waals surface area contributed by atoms with Crippen LogP contribution in [0, 0.1) is 20.8 Å². The highest BCUT2D eigenvalue weighted by Crippen LogP contribution is 2.17. The Bertz CT molecular complexity index is 610. The van der Waals surface area contributed by atoms with Gasteiger partial charge in [-0.1, -0.05) is 11.2 Å². The summed E-state index contributed by atoms with van der Waals surface area (Å²) in [7, 11) is 0. The average molecular weight is 300 g/mol. The van der Waals surface area contributed by atoms with E-state index in [0.29, 0.717) is 0 Å². The van der Waals surface area contributed by atoms with Gasteiger partial charge in [0.05, 0.1) is 11.4 Å². The number of piperazine rings is 1. The van der Waals surface area contributed by atoms with Crippen LogP contribution in [0.15, 0.2) is 22.9 Å². The number of aryl methyl sites for hydroxylation is 3. The Morgan fingerprint density at radius 2 is 1.73 bits per heavy atom. The van der Waals surface area contributed by atoms with Crippen molar-refractivity contribution in [2.45, 2.75) is 33.9 Å². The summed E-state index contributed by atoms with van der Waals surface area (Å²) in [6.45, 7) is 12.4. The maximum absolute atomic E-state index is 5.25. The number of aromatic nitrogens is 2. The maximum atomic E-state index is 5.25. The van der Waals surface area contributed by atoms with E-state index >= 15 is 0 Å². The van der Waals surface area contributed by atoms with Gasteiger partial charge in [-0.05, 0) is 32.4 Å². The van der Waals surface area contributed by atoms with Crippen LogP contribution in [0.2, 0.25) is 0 Å². The average Bonchev–Trinajstić information content (AvgIpc) is 2.83. The second-order valence-corrected chi connectivity index (χ2v) is 6.12. The predicted molar refractivity (Wildman–Crippen MR) is 85.5 cm³/mol. The zero-order chi connectivity index (χ0) is 15.5. The fraction of sp³-hybridized carbons (Fsp3) is 0.529. The molecule has 1 aliphatic heterocycles. The first kappa shape index (κ1) is 15.2. The predicted octanol–water partition coefficient (Wildman–Crippen LogP) is 2.31. The molecule has 0 bridgehead atoms. The molecular weight excluding hydrogens is 276 g/mol. The minimum absolute atomic E-state index is 0.942. The van der Waals surface area contributed by atoms with E-state index in [4.69, 9.17) is 4.52 Å².